The van der Waals surface area contributed by atoms with Gasteiger partial charge in [0.1, 0.15) is 18.2 Å². The second kappa shape index (κ2) is 7.76. The minimum Gasteiger partial charge on any atom is -0.489 e. The number of halogens is 1. The highest BCUT2D eigenvalue weighted by Gasteiger charge is 2.05. The molecular weight excluding hydrogens is 269 g/mol. The van der Waals surface area contributed by atoms with Gasteiger partial charge in [0.2, 0.25) is 0 Å². The zero-order valence-electron chi connectivity index (χ0n) is 12.4. The van der Waals surface area contributed by atoms with Gasteiger partial charge in [-0.3, -0.25) is 0 Å². The van der Waals surface area contributed by atoms with Crippen molar-refractivity contribution in [1.29, 1.82) is 0 Å². The quantitative estimate of drug-likeness (QED) is 0.848. The number of nitrogens with one attached hydrogen (secondary N) is 1. The molecule has 4 heteroatoms. The van der Waals surface area contributed by atoms with Crippen molar-refractivity contribution in [3.8, 4) is 5.75 Å². The molecule has 0 aliphatic rings. The molecule has 0 saturated heterocycles. The van der Waals surface area contributed by atoms with Crippen LogP contribution in [-0.4, -0.2) is 14.2 Å². The van der Waals surface area contributed by atoms with E-state index in [1.54, 1.807) is 13.2 Å². The van der Waals surface area contributed by atoms with E-state index in [-0.39, 0.29) is 12.4 Å². The highest BCUT2D eigenvalue weighted by atomic mass is 19.1. The molecule has 2 rings (SSSR count). The fraction of sp³-hybridized carbons (Fsp3) is 0.294. The van der Waals surface area contributed by atoms with Gasteiger partial charge in [0, 0.05) is 19.2 Å². The molecule has 112 valence electrons. The minimum atomic E-state index is -0.247. The maximum Gasteiger partial charge on any atom is 0.129 e. The molecule has 21 heavy (non-hydrogen) atoms. The average Bonchev–Trinajstić information content (AvgIpc) is 2.49. The van der Waals surface area contributed by atoms with Crippen LogP contribution in [0.25, 0.3) is 0 Å². The summed E-state index contributed by atoms with van der Waals surface area (Å²) in [5.74, 6) is 0.464. The van der Waals surface area contributed by atoms with Gasteiger partial charge >= 0.3 is 0 Å². The van der Waals surface area contributed by atoms with E-state index >= 15 is 0 Å². The van der Waals surface area contributed by atoms with Crippen molar-refractivity contribution >= 4 is 0 Å². The molecule has 0 atom stereocenters. The number of ether oxygens (including phenoxy) is 2. The summed E-state index contributed by atoms with van der Waals surface area (Å²) in [6, 6.07) is 12.7. The van der Waals surface area contributed by atoms with Crippen LogP contribution in [0, 0.1) is 5.82 Å². The summed E-state index contributed by atoms with van der Waals surface area (Å²) in [4.78, 5) is 0. The Morgan fingerprint density at radius 2 is 1.90 bits per heavy atom. The van der Waals surface area contributed by atoms with Gasteiger partial charge in [-0.1, -0.05) is 18.2 Å². The Hall–Kier alpha value is -1.91. The molecular formula is C17H20FNO2. The van der Waals surface area contributed by atoms with Crippen LogP contribution in [0.5, 0.6) is 5.75 Å². The normalized spacial score (nSPS) is 10.6. The summed E-state index contributed by atoms with van der Waals surface area (Å²) in [5, 5.41) is 3.05. The van der Waals surface area contributed by atoms with Crippen molar-refractivity contribution in [1.82, 2.24) is 5.32 Å². The van der Waals surface area contributed by atoms with Gasteiger partial charge in [0.15, 0.2) is 0 Å². The van der Waals surface area contributed by atoms with Crippen molar-refractivity contribution in [2.24, 2.45) is 0 Å². The van der Waals surface area contributed by atoms with Crippen LogP contribution >= 0.6 is 0 Å². The molecule has 0 unspecified atom stereocenters. The average molecular weight is 289 g/mol. The second-order valence-electron chi connectivity index (χ2n) is 4.83. The monoisotopic (exact) mass is 289 g/mol. The van der Waals surface area contributed by atoms with Crippen LogP contribution < -0.4 is 10.1 Å². The molecule has 0 amide bonds. The molecule has 0 radical (unpaired) electrons. The van der Waals surface area contributed by atoms with E-state index in [1.165, 1.54) is 6.07 Å². The Kier molecular flexibility index (Phi) is 5.72. The maximum absolute atomic E-state index is 13.8. The molecule has 0 saturated carbocycles. The van der Waals surface area contributed by atoms with Gasteiger partial charge in [0.05, 0.1) is 6.61 Å². The first-order valence-electron chi connectivity index (χ1n) is 6.85. The highest BCUT2D eigenvalue weighted by Crippen LogP contribution is 2.18. The summed E-state index contributed by atoms with van der Waals surface area (Å²) < 4.78 is 24.6. The molecule has 0 fully saturated rings. The van der Waals surface area contributed by atoms with E-state index in [4.69, 9.17) is 9.47 Å². The van der Waals surface area contributed by atoms with Crippen molar-refractivity contribution in [2.75, 3.05) is 14.2 Å². The Morgan fingerprint density at radius 1 is 1.05 bits per heavy atom. The van der Waals surface area contributed by atoms with Gasteiger partial charge in [0.25, 0.3) is 0 Å². The lowest BCUT2D eigenvalue weighted by molar-refractivity contribution is 0.184. The third kappa shape index (κ3) is 4.55. The lowest BCUT2D eigenvalue weighted by Gasteiger charge is -2.10. The van der Waals surface area contributed by atoms with Crippen LogP contribution in [-0.2, 0) is 24.5 Å². The van der Waals surface area contributed by atoms with E-state index in [9.17, 15) is 4.39 Å². The van der Waals surface area contributed by atoms with E-state index in [0.717, 1.165) is 11.1 Å². The van der Waals surface area contributed by atoms with Crippen LogP contribution in [0.15, 0.2) is 42.5 Å². The smallest absolute Gasteiger partial charge is 0.129 e. The first kappa shape index (κ1) is 15.5. The van der Waals surface area contributed by atoms with Gasteiger partial charge < -0.3 is 14.8 Å². The molecule has 0 aliphatic heterocycles. The molecule has 2 aromatic carbocycles. The van der Waals surface area contributed by atoms with Crippen molar-refractivity contribution in [3.63, 3.8) is 0 Å². The van der Waals surface area contributed by atoms with Crippen LogP contribution in [0.4, 0.5) is 4.39 Å². The van der Waals surface area contributed by atoms with Crippen molar-refractivity contribution in [3.05, 3.63) is 65.0 Å². The Morgan fingerprint density at radius 3 is 2.67 bits per heavy atom. The van der Waals surface area contributed by atoms with Gasteiger partial charge in [-0.15, -0.1) is 0 Å². The van der Waals surface area contributed by atoms with Crippen LogP contribution in [0.1, 0.15) is 16.7 Å². The molecule has 0 heterocycles. The number of rotatable bonds is 7. The Balaban J connectivity index is 2.05. The molecule has 2 aromatic rings. The number of hydrogen-bond donors (Lipinski definition) is 1. The summed E-state index contributed by atoms with van der Waals surface area (Å²) in [7, 11) is 3.51. The van der Waals surface area contributed by atoms with Crippen LogP contribution in [0.2, 0.25) is 0 Å². The number of benzene rings is 2. The Bertz CT molecular complexity index is 587. The zero-order chi connectivity index (χ0) is 15.1. The van der Waals surface area contributed by atoms with Crippen LogP contribution in [0.3, 0.4) is 0 Å². The van der Waals surface area contributed by atoms with Gasteiger partial charge in [-0.25, -0.2) is 4.39 Å². The lowest BCUT2D eigenvalue weighted by atomic mass is 10.1. The topological polar surface area (TPSA) is 30.5 Å². The minimum absolute atomic E-state index is 0.208. The molecule has 0 bridgehead atoms. The maximum atomic E-state index is 13.8. The standard InChI is InChI=1S/C17H20FNO2/c1-19-10-13-6-7-17(18)15(8-13)12-21-16-5-3-4-14(9-16)11-20-2/h3-9,19H,10-12H2,1-2H3. The summed E-state index contributed by atoms with van der Waals surface area (Å²) in [5.41, 5.74) is 2.62. The first-order chi connectivity index (χ1) is 10.2. The predicted octanol–water partition coefficient (Wildman–Crippen LogP) is 3.27. The van der Waals surface area contributed by atoms with E-state index in [0.29, 0.717) is 24.5 Å². The first-order valence-corrected chi connectivity index (χ1v) is 6.85. The summed E-state index contributed by atoms with van der Waals surface area (Å²) in [6.45, 7) is 1.44. The van der Waals surface area contributed by atoms with Gasteiger partial charge in [-0.05, 0) is 42.4 Å². The lowest BCUT2D eigenvalue weighted by Crippen LogP contribution is -2.07. The number of hydrogen-bond acceptors (Lipinski definition) is 3. The van der Waals surface area contributed by atoms with E-state index in [1.807, 2.05) is 37.4 Å². The van der Waals surface area contributed by atoms with E-state index < -0.39 is 0 Å². The van der Waals surface area contributed by atoms with Gasteiger partial charge in [-0.2, -0.15) is 0 Å². The molecule has 0 spiro atoms. The molecule has 1 N–H and O–H groups in total. The fourth-order valence-electron chi connectivity index (χ4n) is 2.11. The second-order valence-corrected chi connectivity index (χ2v) is 4.83. The third-order valence-electron chi connectivity index (χ3n) is 3.09. The predicted molar refractivity (Wildman–Crippen MR) is 80.7 cm³/mol. The number of methoxy groups -OCH3 is 1. The molecule has 0 aliphatic carbocycles. The Labute approximate surface area is 124 Å². The fourth-order valence-corrected chi connectivity index (χ4v) is 2.11. The van der Waals surface area contributed by atoms with Crippen molar-refractivity contribution in [2.45, 2.75) is 19.8 Å². The van der Waals surface area contributed by atoms with Crippen molar-refractivity contribution < 1.29 is 13.9 Å². The summed E-state index contributed by atoms with van der Waals surface area (Å²) in [6.07, 6.45) is 0. The third-order valence-corrected chi connectivity index (χ3v) is 3.09. The SMILES string of the molecule is CNCc1ccc(F)c(COc2cccc(COC)c2)c1. The molecule has 3 nitrogen and oxygen atoms in total. The zero-order valence-corrected chi connectivity index (χ0v) is 12.4. The molecule has 0 aromatic heterocycles. The largest absolute Gasteiger partial charge is 0.489 e. The van der Waals surface area contributed by atoms with E-state index in [2.05, 4.69) is 5.32 Å². The highest BCUT2D eigenvalue weighted by molar-refractivity contribution is 5.29. The summed E-state index contributed by atoms with van der Waals surface area (Å²) >= 11 is 0.